The number of para-hydroxylation sites is 1. The van der Waals surface area contributed by atoms with Gasteiger partial charge >= 0.3 is 0 Å². The molecule has 0 bridgehead atoms. The van der Waals surface area contributed by atoms with Gasteiger partial charge in [-0.05, 0) is 30.5 Å². The second-order valence-electron chi connectivity index (χ2n) is 7.50. The SMILES string of the molecule is COn1c(=O)c(C2C(Cl)C=CC3CC32Cl)cc2cnc(Nc3ccccc3F)nc21. The van der Waals surface area contributed by atoms with E-state index in [2.05, 4.69) is 15.3 Å². The number of aromatic nitrogens is 3. The molecule has 0 spiro atoms. The summed E-state index contributed by atoms with van der Waals surface area (Å²) in [5, 5.41) is 3.00. The lowest BCUT2D eigenvalue weighted by Gasteiger charge is -2.28. The summed E-state index contributed by atoms with van der Waals surface area (Å²) in [6.07, 6.45) is 6.23. The van der Waals surface area contributed by atoms with E-state index in [-0.39, 0.29) is 34.7 Å². The summed E-state index contributed by atoms with van der Waals surface area (Å²) in [6, 6.07) is 7.90. The smallest absolute Gasteiger partial charge is 0.288 e. The maximum Gasteiger partial charge on any atom is 0.288 e. The van der Waals surface area contributed by atoms with Crippen molar-refractivity contribution in [1.29, 1.82) is 0 Å². The van der Waals surface area contributed by atoms with Crippen molar-refractivity contribution < 1.29 is 9.23 Å². The highest BCUT2D eigenvalue weighted by Crippen LogP contribution is 2.62. The van der Waals surface area contributed by atoms with Crippen LogP contribution < -0.4 is 15.7 Å². The summed E-state index contributed by atoms with van der Waals surface area (Å²) in [5.74, 6) is -0.456. The molecule has 0 saturated heterocycles. The highest BCUT2D eigenvalue weighted by atomic mass is 35.5. The molecule has 0 amide bonds. The molecule has 1 aromatic carbocycles. The third kappa shape index (κ3) is 2.96. The van der Waals surface area contributed by atoms with Crippen molar-refractivity contribution in [3.63, 3.8) is 0 Å². The van der Waals surface area contributed by atoms with Gasteiger partial charge in [-0.25, -0.2) is 9.37 Å². The van der Waals surface area contributed by atoms with Crippen LogP contribution in [0.1, 0.15) is 17.9 Å². The van der Waals surface area contributed by atoms with E-state index in [0.717, 1.165) is 11.2 Å². The first-order valence-electron chi connectivity index (χ1n) is 9.42. The van der Waals surface area contributed by atoms with Crippen LogP contribution in [-0.4, -0.2) is 32.1 Å². The van der Waals surface area contributed by atoms with Crippen LogP contribution in [0.2, 0.25) is 0 Å². The van der Waals surface area contributed by atoms with Gasteiger partial charge < -0.3 is 10.2 Å². The van der Waals surface area contributed by atoms with Crippen molar-refractivity contribution in [1.82, 2.24) is 14.7 Å². The summed E-state index contributed by atoms with van der Waals surface area (Å²) >= 11 is 13.3. The van der Waals surface area contributed by atoms with E-state index in [0.29, 0.717) is 10.9 Å². The number of allylic oxidation sites excluding steroid dienone is 2. The topological polar surface area (TPSA) is 69.0 Å². The Morgan fingerprint density at radius 2 is 2.13 bits per heavy atom. The molecule has 1 fully saturated rings. The van der Waals surface area contributed by atoms with Crippen molar-refractivity contribution in [3.05, 3.63) is 70.4 Å². The molecule has 2 aliphatic rings. The number of alkyl halides is 2. The summed E-state index contributed by atoms with van der Waals surface area (Å²) in [4.78, 5) is 26.7. The largest absolute Gasteiger partial charge is 0.412 e. The molecule has 6 nitrogen and oxygen atoms in total. The van der Waals surface area contributed by atoms with Crippen LogP contribution in [0.3, 0.4) is 0 Å². The van der Waals surface area contributed by atoms with Crippen molar-refractivity contribution in [2.75, 3.05) is 12.4 Å². The molecule has 3 aromatic rings. The van der Waals surface area contributed by atoms with Crippen molar-refractivity contribution >= 4 is 45.9 Å². The molecule has 0 radical (unpaired) electrons. The predicted molar refractivity (Wildman–Crippen MR) is 114 cm³/mol. The minimum absolute atomic E-state index is 0.137. The molecule has 9 heteroatoms. The van der Waals surface area contributed by atoms with Gasteiger partial charge in [0, 0.05) is 23.1 Å². The lowest BCUT2D eigenvalue weighted by Crippen LogP contribution is -2.36. The second kappa shape index (κ2) is 6.96. The number of benzene rings is 1. The molecule has 4 unspecified atom stereocenters. The van der Waals surface area contributed by atoms with Crippen molar-refractivity contribution in [3.8, 4) is 0 Å². The summed E-state index contributed by atoms with van der Waals surface area (Å²) < 4.78 is 15.0. The maximum atomic E-state index is 13.9. The van der Waals surface area contributed by atoms with E-state index in [4.69, 9.17) is 28.0 Å². The first-order valence-corrected chi connectivity index (χ1v) is 10.2. The molecule has 2 heterocycles. The number of pyridine rings is 1. The van der Waals surface area contributed by atoms with Crippen molar-refractivity contribution in [2.24, 2.45) is 5.92 Å². The standard InChI is InChI=1S/C21H17Cl2FN4O2/c1-30-28-18-11(10-25-20(27-18)26-16-5-3-2-4-15(16)24)8-13(19(28)29)17-14(22)7-6-12-9-21(12,17)23/h2-8,10,12,14,17H,9H2,1H3,(H,25,26,27). The zero-order valence-electron chi connectivity index (χ0n) is 15.8. The monoisotopic (exact) mass is 446 g/mol. The van der Waals surface area contributed by atoms with E-state index in [9.17, 15) is 9.18 Å². The molecule has 4 atom stereocenters. The third-order valence-corrected chi connectivity index (χ3v) is 6.79. The average molecular weight is 447 g/mol. The fourth-order valence-electron chi connectivity index (χ4n) is 4.13. The van der Waals surface area contributed by atoms with Gasteiger partial charge in [-0.15, -0.1) is 27.9 Å². The molecule has 2 aromatic heterocycles. The fourth-order valence-corrected chi connectivity index (χ4v) is 5.14. The van der Waals surface area contributed by atoms with Crippen LogP contribution >= 0.6 is 23.2 Å². The number of halogens is 3. The van der Waals surface area contributed by atoms with E-state index in [1.54, 1.807) is 30.5 Å². The number of hydrogen-bond acceptors (Lipinski definition) is 5. The van der Waals surface area contributed by atoms with Crippen LogP contribution in [0.5, 0.6) is 0 Å². The Kier molecular flexibility index (Phi) is 4.48. The summed E-state index contributed by atoms with van der Waals surface area (Å²) in [5.41, 5.74) is 0.568. The molecule has 1 saturated carbocycles. The summed E-state index contributed by atoms with van der Waals surface area (Å²) in [6.45, 7) is 0. The molecular formula is C21H17Cl2FN4O2. The van der Waals surface area contributed by atoms with E-state index < -0.39 is 16.1 Å². The van der Waals surface area contributed by atoms with Gasteiger partial charge in [0.05, 0.1) is 15.9 Å². The zero-order valence-corrected chi connectivity index (χ0v) is 17.4. The zero-order chi connectivity index (χ0) is 21.0. The minimum Gasteiger partial charge on any atom is -0.412 e. The van der Waals surface area contributed by atoms with Gasteiger partial charge in [0.25, 0.3) is 5.56 Å². The first kappa shape index (κ1) is 19.3. The van der Waals surface area contributed by atoms with E-state index in [1.165, 1.54) is 13.2 Å². The van der Waals surface area contributed by atoms with Gasteiger partial charge in [0.2, 0.25) is 5.95 Å². The Labute approximate surface area is 181 Å². The predicted octanol–water partition coefficient (Wildman–Crippen LogP) is 3.99. The van der Waals surface area contributed by atoms with Crippen molar-refractivity contribution in [2.45, 2.75) is 22.6 Å². The Morgan fingerprint density at radius 1 is 1.33 bits per heavy atom. The lowest BCUT2D eigenvalue weighted by atomic mass is 9.86. The maximum absolute atomic E-state index is 13.9. The molecular weight excluding hydrogens is 430 g/mol. The van der Waals surface area contributed by atoms with Gasteiger partial charge in [0.1, 0.15) is 12.9 Å². The molecule has 1 N–H and O–H groups in total. The number of hydrogen-bond donors (Lipinski definition) is 1. The van der Waals surface area contributed by atoms with Gasteiger partial charge in [-0.2, -0.15) is 4.98 Å². The molecule has 0 aliphatic heterocycles. The lowest BCUT2D eigenvalue weighted by molar-refractivity contribution is 0.166. The first-order chi connectivity index (χ1) is 14.4. The average Bonchev–Trinajstić information content (AvgIpc) is 3.41. The Balaban J connectivity index is 1.61. The van der Waals surface area contributed by atoms with Gasteiger partial charge in [-0.1, -0.05) is 24.3 Å². The Hall–Kier alpha value is -2.64. The number of nitrogens with zero attached hydrogens (tertiary/aromatic N) is 3. The van der Waals surface area contributed by atoms with E-state index in [1.807, 2.05) is 12.2 Å². The highest BCUT2D eigenvalue weighted by Gasteiger charge is 2.61. The van der Waals surface area contributed by atoms with Crippen LogP contribution in [0.25, 0.3) is 11.0 Å². The molecule has 154 valence electrons. The second-order valence-corrected chi connectivity index (χ2v) is 8.71. The minimum atomic E-state index is -0.563. The normalized spacial score (nSPS) is 27.0. The van der Waals surface area contributed by atoms with Crippen LogP contribution in [0, 0.1) is 11.7 Å². The highest BCUT2D eigenvalue weighted by molar-refractivity contribution is 6.29. The molecule has 30 heavy (non-hydrogen) atoms. The van der Waals surface area contributed by atoms with Gasteiger partial charge in [-0.3, -0.25) is 4.79 Å². The third-order valence-electron chi connectivity index (χ3n) is 5.72. The quantitative estimate of drug-likeness (QED) is 0.484. The van der Waals surface area contributed by atoms with Crippen LogP contribution in [-0.2, 0) is 0 Å². The fraction of sp³-hybridized carbons (Fsp3) is 0.286. The molecule has 2 aliphatic carbocycles. The number of nitrogens with one attached hydrogen (secondary N) is 1. The number of anilines is 2. The van der Waals surface area contributed by atoms with E-state index >= 15 is 0 Å². The van der Waals surface area contributed by atoms with Gasteiger partial charge in [0.15, 0.2) is 5.65 Å². The van der Waals surface area contributed by atoms with Crippen LogP contribution in [0.15, 0.2) is 53.5 Å². The number of fused-ring (bicyclic) bond motifs is 2. The Bertz CT molecular complexity index is 1250. The Morgan fingerprint density at radius 3 is 2.90 bits per heavy atom. The van der Waals surface area contributed by atoms with Crippen LogP contribution in [0.4, 0.5) is 16.0 Å². The number of rotatable bonds is 4. The summed E-state index contributed by atoms with van der Waals surface area (Å²) in [7, 11) is 1.38. The molecule has 5 rings (SSSR count).